The van der Waals surface area contributed by atoms with Crippen LogP contribution in [0.1, 0.15) is 24.9 Å². The number of Topliss-reactive ketones (excluding diaryl/α,β-unsaturated/α-hetero) is 1. The lowest BCUT2D eigenvalue weighted by Gasteiger charge is -2.15. The van der Waals surface area contributed by atoms with E-state index in [9.17, 15) is 9.18 Å². The molecule has 1 N–H and O–H groups in total. The van der Waals surface area contributed by atoms with Crippen LogP contribution in [0, 0.1) is 5.82 Å². The van der Waals surface area contributed by atoms with E-state index < -0.39 is 0 Å². The maximum Gasteiger partial charge on any atom is 0.131 e. The van der Waals surface area contributed by atoms with E-state index in [4.69, 9.17) is 11.6 Å². The summed E-state index contributed by atoms with van der Waals surface area (Å²) in [5.41, 5.74) is 0.431. The van der Waals surface area contributed by atoms with Crippen molar-refractivity contribution in [3.8, 4) is 0 Å². The Morgan fingerprint density at radius 1 is 1.60 bits per heavy atom. The second-order valence-electron chi connectivity index (χ2n) is 3.41. The van der Waals surface area contributed by atoms with Crippen molar-refractivity contribution in [3.05, 3.63) is 34.6 Å². The molecule has 0 aliphatic heterocycles. The van der Waals surface area contributed by atoms with Gasteiger partial charge in [-0.15, -0.1) is 0 Å². The van der Waals surface area contributed by atoms with Crippen LogP contribution in [0.4, 0.5) is 4.39 Å². The van der Waals surface area contributed by atoms with E-state index in [1.807, 2.05) is 0 Å². The van der Waals surface area contributed by atoms with Gasteiger partial charge in [0.25, 0.3) is 0 Å². The molecule has 1 atom stereocenters. The van der Waals surface area contributed by atoms with Crippen molar-refractivity contribution in [1.82, 2.24) is 5.32 Å². The number of carbonyl (C=O) groups excluding carboxylic acids is 1. The number of halogens is 2. The van der Waals surface area contributed by atoms with Crippen LogP contribution in [-0.4, -0.2) is 12.8 Å². The number of benzene rings is 1. The van der Waals surface area contributed by atoms with Crippen LogP contribution in [0.15, 0.2) is 18.2 Å². The standard InChI is InChI=1S/C11H13ClFNO/c1-7(15)5-11(14-2)9-6-8(12)3-4-10(9)13/h3-4,6,11,14H,5H2,1-2H3. The molecule has 1 rings (SSSR count). The van der Waals surface area contributed by atoms with Crippen molar-refractivity contribution >= 4 is 17.4 Å². The Balaban J connectivity index is 3.00. The van der Waals surface area contributed by atoms with Crippen LogP contribution in [0.5, 0.6) is 0 Å². The normalized spacial score (nSPS) is 12.5. The van der Waals surface area contributed by atoms with Crippen LogP contribution in [0.25, 0.3) is 0 Å². The van der Waals surface area contributed by atoms with Crippen molar-refractivity contribution in [2.75, 3.05) is 7.05 Å². The zero-order valence-corrected chi connectivity index (χ0v) is 9.44. The van der Waals surface area contributed by atoms with E-state index in [-0.39, 0.29) is 24.1 Å². The first-order chi connectivity index (χ1) is 7.04. The molecule has 0 heterocycles. The SMILES string of the molecule is CNC(CC(C)=O)c1cc(Cl)ccc1F. The van der Waals surface area contributed by atoms with Crippen molar-refractivity contribution in [2.24, 2.45) is 0 Å². The highest BCUT2D eigenvalue weighted by molar-refractivity contribution is 6.30. The number of hydrogen-bond donors (Lipinski definition) is 1. The van der Waals surface area contributed by atoms with Crippen molar-refractivity contribution in [3.63, 3.8) is 0 Å². The second kappa shape index (κ2) is 5.24. The molecule has 0 amide bonds. The van der Waals surface area contributed by atoms with Crippen LogP contribution in [-0.2, 0) is 4.79 Å². The molecule has 1 aromatic rings. The van der Waals surface area contributed by atoms with E-state index in [1.165, 1.54) is 19.1 Å². The molecule has 15 heavy (non-hydrogen) atoms. The fourth-order valence-corrected chi connectivity index (χ4v) is 1.62. The molecule has 1 aromatic carbocycles. The van der Waals surface area contributed by atoms with E-state index in [2.05, 4.69) is 5.32 Å². The van der Waals surface area contributed by atoms with Crippen LogP contribution < -0.4 is 5.32 Å². The van der Waals surface area contributed by atoms with Gasteiger partial charge >= 0.3 is 0 Å². The third-order valence-electron chi connectivity index (χ3n) is 2.17. The molecule has 0 aromatic heterocycles. The number of rotatable bonds is 4. The summed E-state index contributed by atoms with van der Waals surface area (Å²) in [5.74, 6) is -0.339. The van der Waals surface area contributed by atoms with Crippen LogP contribution in [0.3, 0.4) is 0 Å². The number of hydrogen-bond acceptors (Lipinski definition) is 2. The molecular weight excluding hydrogens is 217 g/mol. The predicted octanol–water partition coefficient (Wildman–Crippen LogP) is 2.72. The third kappa shape index (κ3) is 3.29. The molecule has 2 nitrogen and oxygen atoms in total. The lowest BCUT2D eigenvalue weighted by molar-refractivity contribution is -0.117. The molecule has 0 saturated carbocycles. The molecule has 4 heteroatoms. The van der Waals surface area contributed by atoms with Gasteiger partial charge in [-0.05, 0) is 32.2 Å². The van der Waals surface area contributed by atoms with Crippen LogP contribution >= 0.6 is 11.6 Å². The number of nitrogens with one attached hydrogen (secondary N) is 1. The molecule has 82 valence electrons. The summed E-state index contributed by atoms with van der Waals surface area (Å²) in [4.78, 5) is 11.0. The van der Waals surface area contributed by atoms with Gasteiger partial charge in [0, 0.05) is 23.0 Å². The summed E-state index contributed by atoms with van der Waals surface area (Å²) in [7, 11) is 1.69. The van der Waals surface area contributed by atoms with E-state index in [1.54, 1.807) is 13.1 Å². The van der Waals surface area contributed by atoms with E-state index in [0.29, 0.717) is 10.6 Å². The summed E-state index contributed by atoms with van der Waals surface area (Å²) in [6.45, 7) is 1.48. The van der Waals surface area contributed by atoms with Gasteiger partial charge in [-0.3, -0.25) is 4.79 Å². The highest BCUT2D eigenvalue weighted by Crippen LogP contribution is 2.23. The quantitative estimate of drug-likeness (QED) is 0.860. The Bertz CT molecular complexity index is 368. The predicted molar refractivity (Wildman–Crippen MR) is 58.5 cm³/mol. The van der Waals surface area contributed by atoms with Gasteiger partial charge in [-0.2, -0.15) is 0 Å². The Morgan fingerprint density at radius 3 is 2.80 bits per heavy atom. The van der Waals surface area contributed by atoms with Gasteiger partial charge in [0.05, 0.1) is 0 Å². The Labute approximate surface area is 93.4 Å². The zero-order valence-electron chi connectivity index (χ0n) is 8.68. The largest absolute Gasteiger partial charge is 0.313 e. The van der Waals surface area contributed by atoms with Crippen molar-refractivity contribution in [2.45, 2.75) is 19.4 Å². The third-order valence-corrected chi connectivity index (χ3v) is 2.41. The van der Waals surface area contributed by atoms with Gasteiger partial charge in [-0.1, -0.05) is 11.6 Å². The maximum atomic E-state index is 13.4. The number of carbonyl (C=O) groups is 1. The van der Waals surface area contributed by atoms with Gasteiger partial charge in [0.2, 0.25) is 0 Å². The van der Waals surface area contributed by atoms with Gasteiger partial charge in [-0.25, -0.2) is 4.39 Å². The highest BCUT2D eigenvalue weighted by atomic mass is 35.5. The van der Waals surface area contributed by atoms with E-state index >= 15 is 0 Å². The summed E-state index contributed by atoms with van der Waals surface area (Å²) >= 11 is 5.78. The maximum absolute atomic E-state index is 13.4. The molecule has 1 unspecified atom stereocenters. The topological polar surface area (TPSA) is 29.1 Å². The fourth-order valence-electron chi connectivity index (χ4n) is 1.44. The minimum atomic E-state index is -0.347. The molecule has 0 aliphatic carbocycles. The second-order valence-corrected chi connectivity index (χ2v) is 3.85. The van der Waals surface area contributed by atoms with E-state index in [0.717, 1.165) is 0 Å². The lowest BCUT2D eigenvalue weighted by atomic mass is 10.0. The molecule has 0 aliphatic rings. The van der Waals surface area contributed by atoms with Crippen molar-refractivity contribution < 1.29 is 9.18 Å². The summed E-state index contributed by atoms with van der Waals surface area (Å²) in [6, 6.07) is 4.02. The average molecular weight is 230 g/mol. The first-order valence-corrected chi connectivity index (χ1v) is 5.04. The Morgan fingerprint density at radius 2 is 2.27 bits per heavy atom. The molecule has 0 bridgehead atoms. The molecule has 0 fully saturated rings. The van der Waals surface area contributed by atoms with Crippen molar-refractivity contribution in [1.29, 1.82) is 0 Å². The highest BCUT2D eigenvalue weighted by Gasteiger charge is 2.15. The summed E-state index contributed by atoms with van der Waals surface area (Å²) in [5, 5.41) is 3.37. The minimum absolute atomic E-state index is 0.00808. The lowest BCUT2D eigenvalue weighted by Crippen LogP contribution is -2.20. The Hall–Kier alpha value is -0.930. The molecule has 0 radical (unpaired) electrons. The fraction of sp³-hybridized carbons (Fsp3) is 0.364. The van der Waals surface area contributed by atoms with Gasteiger partial charge in [0.1, 0.15) is 11.6 Å². The Kier molecular flexibility index (Phi) is 4.24. The minimum Gasteiger partial charge on any atom is -0.313 e. The first kappa shape index (κ1) is 12.1. The first-order valence-electron chi connectivity index (χ1n) is 4.66. The number of ketones is 1. The van der Waals surface area contributed by atoms with Gasteiger partial charge < -0.3 is 5.32 Å². The molecular formula is C11H13ClFNO. The van der Waals surface area contributed by atoms with Gasteiger partial charge in [0.15, 0.2) is 0 Å². The summed E-state index contributed by atoms with van der Waals surface area (Å²) < 4.78 is 13.4. The average Bonchev–Trinajstić information content (AvgIpc) is 2.18. The molecule has 0 saturated heterocycles. The zero-order chi connectivity index (χ0) is 11.4. The monoisotopic (exact) mass is 229 g/mol. The summed E-state index contributed by atoms with van der Waals surface area (Å²) in [6.07, 6.45) is 0.258. The molecule has 0 spiro atoms. The smallest absolute Gasteiger partial charge is 0.131 e. The van der Waals surface area contributed by atoms with Crippen LogP contribution in [0.2, 0.25) is 5.02 Å².